The highest BCUT2D eigenvalue weighted by Crippen LogP contribution is 2.17. The summed E-state index contributed by atoms with van der Waals surface area (Å²) in [5, 5.41) is 8.74. The quantitative estimate of drug-likeness (QED) is 0.529. The predicted molar refractivity (Wildman–Crippen MR) is 50.8 cm³/mol. The van der Waals surface area contributed by atoms with E-state index in [0.717, 1.165) is 0 Å². The van der Waals surface area contributed by atoms with Crippen LogP contribution in [0.4, 0.5) is 0 Å². The molecule has 4 heteroatoms. The summed E-state index contributed by atoms with van der Waals surface area (Å²) < 4.78 is 0. The molecule has 0 bridgehead atoms. The Hall–Kier alpha value is -1.45. The van der Waals surface area contributed by atoms with Gasteiger partial charge in [-0.2, -0.15) is 0 Å². The fourth-order valence-electron chi connectivity index (χ4n) is 1.28. The van der Waals surface area contributed by atoms with E-state index in [9.17, 15) is 14.4 Å². The highest BCUT2D eigenvalue weighted by atomic mass is 16.4. The third-order valence-corrected chi connectivity index (χ3v) is 2.04. The molecule has 2 atom stereocenters. The largest absolute Gasteiger partial charge is 0.481 e. The van der Waals surface area contributed by atoms with Crippen LogP contribution in [0.3, 0.4) is 0 Å². The van der Waals surface area contributed by atoms with Gasteiger partial charge in [0.15, 0.2) is 5.78 Å². The van der Waals surface area contributed by atoms with Crippen LogP contribution in [0, 0.1) is 11.8 Å². The van der Waals surface area contributed by atoms with Gasteiger partial charge in [0.1, 0.15) is 11.7 Å². The first kappa shape index (κ1) is 12.6. The lowest BCUT2D eigenvalue weighted by Crippen LogP contribution is -2.33. The molecular weight excluding hydrogens is 184 g/mol. The molecule has 0 aliphatic rings. The minimum absolute atomic E-state index is 0.269. The molecule has 14 heavy (non-hydrogen) atoms. The Morgan fingerprint density at radius 1 is 1.21 bits per heavy atom. The van der Waals surface area contributed by atoms with Gasteiger partial charge in [-0.05, 0) is 19.4 Å². The molecule has 0 heterocycles. The standard InChI is InChI=1S/C10H14O4/c1-5(2)9(12)6(3)8(7(4)11)10(13)14/h6,8H,1H2,2-4H3,(H,13,14). The Labute approximate surface area is 82.6 Å². The van der Waals surface area contributed by atoms with E-state index in [4.69, 9.17) is 5.11 Å². The first-order valence-electron chi connectivity index (χ1n) is 4.22. The summed E-state index contributed by atoms with van der Waals surface area (Å²) in [7, 11) is 0. The van der Waals surface area contributed by atoms with Crippen LogP contribution in [0.1, 0.15) is 20.8 Å². The van der Waals surface area contributed by atoms with Crippen molar-refractivity contribution in [2.24, 2.45) is 11.8 Å². The van der Waals surface area contributed by atoms with Crippen molar-refractivity contribution in [1.82, 2.24) is 0 Å². The van der Waals surface area contributed by atoms with Crippen LogP contribution < -0.4 is 0 Å². The average molecular weight is 198 g/mol. The molecule has 0 saturated carbocycles. The smallest absolute Gasteiger partial charge is 0.314 e. The second-order valence-corrected chi connectivity index (χ2v) is 3.36. The minimum atomic E-state index is -1.26. The van der Waals surface area contributed by atoms with Crippen molar-refractivity contribution in [3.05, 3.63) is 12.2 Å². The van der Waals surface area contributed by atoms with Gasteiger partial charge in [0.2, 0.25) is 0 Å². The van der Waals surface area contributed by atoms with Gasteiger partial charge >= 0.3 is 5.97 Å². The van der Waals surface area contributed by atoms with Crippen LogP contribution in [0.5, 0.6) is 0 Å². The predicted octanol–water partition coefficient (Wildman–Crippen LogP) is 1.06. The summed E-state index contributed by atoms with van der Waals surface area (Å²) in [6, 6.07) is 0. The van der Waals surface area contributed by atoms with E-state index in [1.165, 1.54) is 20.8 Å². The molecule has 0 aliphatic heterocycles. The van der Waals surface area contributed by atoms with Crippen molar-refractivity contribution >= 4 is 17.5 Å². The van der Waals surface area contributed by atoms with Crippen molar-refractivity contribution in [2.45, 2.75) is 20.8 Å². The van der Waals surface area contributed by atoms with Crippen molar-refractivity contribution in [2.75, 3.05) is 0 Å². The van der Waals surface area contributed by atoms with Gasteiger partial charge in [0, 0.05) is 5.92 Å². The summed E-state index contributed by atoms with van der Waals surface area (Å²) in [5.41, 5.74) is 0.269. The zero-order chi connectivity index (χ0) is 11.5. The molecule has 0 aliphatic carbocycles. The monoisotopic (exact) mass is 198 g/mol. The minimum Gasteiger partial charge on any atom is -0.481 e. The van der Waals surface area contributed by atoms with Crippen LogP contribution in [0.2, 0.25) is 0 Å². The number of carbonyl (C=O) groups excluding carboxylic acids is 2. The molecular formula is C10H14O4. The van der Waals surface area contributed by atoms with Gasteiger partial charge in [-0.3, -0.25) is 14.4 Å². The Kier molecular flexibility index (Phi) is 4.21. The molecule has 0 fully saturated rings. The normalized spacial score (nSPS) is 14.2. The number of Topliss-reactive ketones (excluding diaryl/α,β-unsaturated/α-hetero) is 2. The highest BCUT2D eigenvalue weighted by Gasteiger charge is 2.33. The molecule has 78 valence electrons. The molecule has 4 nitrogen and oxygen atoms in total. The van der Waals surface area contributed by atoms with Gasteiger partial charge in [0.25, 0.3) is 0 Å². The fourth-order valence-corrected chi connectivity index (χ4v) is 1.28. The Bertz CT molecular complexity index is 276. The maximum atomic E-state index is 11.4. The molecule has 0 radical (unpaired) electrons. The first-order chi connectivity index (χ1) is 6.29. The van der Waals surface area contributed by atoms with Gasteiger partial charge < -0.3 is 5.11 Å². The van der Waals surface area contributed by atoms with E-state index in [1.54, 1.807) is 0 Å². The second-order valence-electron chi connectivity index (χ2n) is 3.36. The number of carbonyl (C=O) groups is 3. The molecule has 0 amide bonds. The average Bonchev–Trinajstić information content (AvgIpc) is 2.01. The SMILES string of the molecule is C=C(C)C(=O)C(C)C(C(C)=O)C(=O)O. The molecule has 0 aromatic carbocycles. The highest BCUT2D eigenvalue weighted by molar-refractivity contribution is 6.05. The van der Waals surface area contributed by atoms with Crippen LogP contribution in [-0.2, 0) is 14.4 Å². The van der Waals surface area contributed by atoms with Gasteiger partial charge in [0.05, 0.1) is 0 Å². The Balaban J connectivity index is 4.86. The van der Waals surface area contributed by atoms with Crippen molar-refractivity contribution in [3.8, 4) is 0 Å². The lowest BCUT2D eigenvalue weighted by atomic mass is 9.85. The van der Waals surface area contributed by atoms with E-state index in [2.05, 4.69) is 6.58 Å². The van der Waals surface area contributed by atoms with Crippen LogP contribution >= 0.6 is 0 Å². The summed E-state index contributed by atoms with van der Waals surface area (Å²) in [5.74, 6) is -4.27. The summed E-state index contributed by atoms with van der Waals surface area (Å²) in [4.78, 5) is 33.1. The van der Waals surface area contributed by atoms with Crippen LogP contribution in [0.25, 0.3) is 0 Å². The van der Waals surface area contributed by atoms with E-state index in [0.29, 0.717) is 0 Å². The third-order valence-electron chi connectivity index (χ3n) is 2.04. The number of hydrogen-bond acceptors (Lipinski definition) is 3. The summed E-state index contributed by atoms with van der Waals surface area (Å²) >= 11 is 0. The van der Waals surface area contributed by atoms with Gasteiger partial charge in [-0.1, -0.05) is 13.5 Å². The Morgan fingerprint density at radius 3 is 1.86 bits per heavy atom. The maximum Gasteiger partial charge on any atom is 0.314 e. The number of aliphatic carboxylic acids is 1. The first-order valence-corrected chi connectivity index (χ1v) is 4.22. The molecule has 0 saturated heterocycles. The molecule has 0 rings (SSSR count). The molecule has 0 spiro atoms. The van der Waals surface area contributed by atoms with Crippen molar-refractivity contribution < 1.29 is 19.5 Å². The van der Waals surface area contributed by atoms with E-state index < -0.39 is 23.6 Å². The zero-order valence-corrected chi connectivity index (χ0v) is 8.53. The third kappa shape index (κ3) is 2.80. The summed E-state index contributed by atoms with van der Waals surface area (Å²) in [6.07, 6.45) is 0. The molecule has 0 aromatic heterocycles. The number of hydrogen-bond donors (Lipinski definition) is 1. The lowest BCUT2D eigenvalue weighted by Gasteiger charge is -2.15. The van der Waals surface area contributed by atoms with Gasteiger partial charge in [-0.15, -0.1) is 0 Å². The van der Waals surface area contributed by atoms with Crippen LogP contribution in [-0.4, -0.2) is 22.6 Å². The van der Waals surface area contributed by atoms with E-state index in [1.807, 2.05) is 0 Å². The molecule has 2 unspecified atom stereocenters. The maximum absolute atomic E-state index is 11.4. The van der Waals surface area contributed by atoms with Crippen molar-refractivity contribution in [3.63, 3.8) is 0 Å². The zero-order valence-electron chi connectivity index (χ0n) is 8.53. The van der Waals surface area contributed by atoms with E-state index >= 15 is 0 Å². The number of carboxylic acid groups (broad SMARTS) is 1. The molecule has 1 N–H and O–H groups in total. The lowest BCUT2D eigenvalue weighted by molar-refractivity contribution is -0.150. The summed E-state index contributed by atoms with van der Waals surface area (Å²) in [6.45, 7) is 7.52. The number of carboxylic acids is 1. The van der Waals surface area contributed by atoms with Crippen molar-refractivity contribution in [1.29, 1.82) is 0 Å². The second kappa shape index (κ2) is 4.69. The number of allylic oxidation sites excluding steroid dienone is 1. The van der Waals surface area contributed by atoms with E-state index in [-0.39, 0.29) is 11.4 Å². The topological polar surface area (TPSA) is 71.4 Å². The number of rotatable bonds is 5. The van der Waals surface area contributed by atoms with Gasteiger partial charge in [-0.25, -0.2) is 0 Å². The molecule has 0 aromatic rings. The fraction of sp³-hybridized carbons (Fsp3) is 0.500. The van der Waals surface area contributed by atoms with Crippen LogP contribution in [0.15, 0.2) is 12.2 Å². The Morgan fingerprint density at radius 2 is 1.64 bits per heavy atom. The number of ketones is 2.